The van der Waals surface area contributed by atoms with E-state index in [1.165, 1.54) is 22.5 Å². The van der Waals surface area contributed by atoms with Gasteiger partial charge < -0.3 is 20.0 Å². The molecule has 0 fully saturated rings. The lowest BCUT2D eigenvalue weighted by molar-refractivity contribution is -0.721. The zero-order chi connectivity index (χ0) is 37.1. The van der Waals surface area contributed by atoms with Crippen molar-refractivity contribution in [3.05, 3.63) is 102 Å². The lowest BCUT2D eigenvalue weighted by Gasteiger charge is -2.37. The number of nitrogens with zero attached hydrogens (tertiary/aromatic N) is 10. The van der Waals surface area contributed by atoms with Gasteiger partial charge in [-0.05, 0) is 91.9 Å². The lowest BCUT2D eigenvalue weighted by atomic mass is 9.90. The van der Waals surface area contributed by atoms with E-state index < -0.39 is 0 Å². The minimum Gasteiger partial charge on any atom is -0.505 e. The van der Waals surface area contributed by atoms with Crippen molar-refractivity contribution < 1.29 is 23.9 Å². The average molecular weight is 740 g/mol. The fourth-order valence-corrected chi connectivity index (χ4v) is 9.04. The summed E-state index contributed by atoms with van der Waals surface area (Å²) in [7, 11) is 0. The highest BCUT2D eigenvalue weighted by Gasteiger charge is 2.29. The SMILES string of the molecule is Oc1c(N=Nc2ccc[n+](CCCn3cc[n+](CCC[n+]4ccccc4N=Nc4cc5c6c(c4O)CCCN6CCC5)c3)c2)cc2c3c1CCCN3CCC2. The van der Waals surface area contributed by atoms with E-state index in [4.69, 9.17) is 0 Å². The van der Waals surface area contributed by atoms with Gasteiger partial charge in [-0.3, -0.25) is 0 Å². The number of hydrogen-bond donors (Lipinski definition) is 2. The van der Waals surface area contributed by atoms with Crippen molar-refractivity contribution in [2.75, 3.05) is 36.0 Å². The van der Waals surface area contributed by atoms with Gasteiger partial charge in [-0.2, -0.15) is 0 Å². The summed E-state index contributed by atoms with van der Waals surface area (Å²) in [5.41, 5.74) is 9.05. The molecule has 0 saturated heterocycles. The Bertz CT molecular complexity index is 2260. The van der Waals surface area contributed by atoms with Crippen molar-refractivity contribution in [1.82, 2.24) is 4.57 Å². The Morgan fingerprint density at radius 1 is 0.618 bits per heavy atom. The second-order valence-electron chi connectivity index (χ2n) is 15.4. The van der Waals surface area contributed by atoms with Crippen LogP contribution in [0.5, 0.6) is 11.5 Å². The quantitative estimate of drug-likeness (QED) is 0.104. The fraction of sp³-hybridized carbons (Fsp3) is 0.419. The highest BCUT2D eigenvalue weighted by molar-refractivity contribution is 5.75. The number of phenols is 2. The summed E-state index contributed by atoms with van der Waals surface area (Å²) >= 11 is 0. The zero-order valence-electron chi connectivity index (χ0n) is 31.6. The Morgan fingerprint density at radius 2 is 1.27 bits per heavy atom. The Labute approximate surface area is 322 Å². The third kappa shape index (κ3) is 7.42. The third-order valence-electron chi connectivity index (χ3n) is 11.6. The van der Waals surface area contributed by atoms with Gasteiger partial charge in [0.1, 0.15) is 29.5 Å². The van der Waals surface area contributed by atoms with E-state index in [1.54, 1.807) is 0 Å². The van der Waals surface area contributed by atoms with Crippen molar-refractivity contribution in [3.63, 3.8) is 0 Å². The summed E-state index contributed by atoms with van der Waals surface area (Å²) in [4.78, 5) is 4.85. The Kier molecular flexibility index (Phi) is 9.95. The fourth-order valence-electron chi connectivity index (χ4n) is 9.04. The normalized spacial score (nSPS) is 16.2. The van der Waals surface area contributed by atoms with Gasteiger partial charge in [0, 0.05) is 73.7 Å². The molecule has 0 spiro atoms. The maximum atomic E-state index is 11.1. The van der Waals surface area contributed by atoms with Crippen LogP contribution >= 0.6 is 0 Å². The molecule has 0 bridgehead atoms. The van der Waals surface area contributed by atoms with Crippen molar-refractivity contribution in [2.45, 2.75) is 90.4 Å². The van der Waals surface area contributed by atoms with Crippen LogP contribution in [0, 0.1) is 0 Å². The number of rotatable bonds is 12. The summed E-state index contributed by atoms with van der Waals surface area (Å²) in [5, 5.41) is 40.5. The number of benzene rings is 2. The highest BCUT2D eigenvalue weighted by atomic mass is 16.3. The molecule has 9 rings (SSSR count). The molecule has 5 aromatic rings. The Morgan fingerprint density at radius 3 is 1.98 bits per heavy atom. The Balaban J connectivity index is 0.775. The number of hydrogen-bond acceptors (Lipinski definition) is 8. The topological polar surface area (TPSA) is 113 Å². The first-order valence-corrected chi connectivity index (χ1v) is 20.2. The van der Waals surface area contributed by atoms with E-state index >= 15 is 0 Å². The summed E-state index contributed by atoms with van der Waals surface area (Å²) in [5.74, 6) is 1.35. The minimum atomic E-state index is 0.287. The molecule has 55 heavy (non-hydrogen) atoms. The van der Waals surface area contributed by atoms with E-state index in [0.717, 1.165) is 139 Å². The van der Waals surface area contributed by atoms with Crippen LogP contribution in [0.1, 0.15) is 60.8 Å². The summed E-state index contributed by atoms with van der Waals surface area (Å²) in [6, 6.07) is 14.0. The molecule has 3 aromatic heterocycles. The molecule has 2 aromatic carbocycles. The number of anilines is 2. The number of aromatic hydroxyl groups is 2. The Hall–Kier alpha value is -5.65. The van der Waals surface area contributed by atoms with Crippen LogP contribution in [0.2, 0.25) is 0 Å². The molecule has 4 aliphatic heterocycles. The summed E-state index contributed by atoms with van der Waals surface area (Å²) in [6.07, 6.45) is 22.7. The molecule has 12 nitrogen and oxygen atoms in total. The number of aromatic nitrogens is 4. The minimum absolute atomic E-state index is 0.287. The highest BCUT2D eigenvalue weighted by Crippen LogP contribution is 2.46. The van der Waals surface area contributed by atoms with E-state index in [1.807, 2.05) is 54.9 Å². The van der Waals surface area contributed by atoms with Gasteiger partial charge in [0.15, 0.2) is 30.4 Å². The first-order valence-electron chi connectivity index (χ1n) is 20.2. The molecule has 282 valence electrons. The molecule has 12 heteroatoms. The van der Waals surface area contributed by atoms with Gasteiger partial charge in [0.2, 0.25) is 6.33 Å². The van der Waals surface area contributed by atoms with E-state index in [0.29, 0.717) is 11.4 Å². The maximum absolute atomic E-state index is 11.1. The zero-order valence-corrected chi connectivity index (χ0v) is 31.6. The van der Waals surface area contributed by atoms with Crippen LogP contribution in [-0.2, 0) is 51.9 Å². The molecular weight excluding hydrogens is 689 g/mol. The molecular formula is C43H51N10O2+3. The molecule has 0 radical (unpaired) electrons. The van der Waals surface area contributed by atoms with Crippen LogP contribution in [-0.4, -0.2) is 41.0 Å². The van der Waals surface area contributed by atoms with Crippen LogP contribution in [0.3, 0.4) is 0 Å². The number of phenolic OH excluding ortho intramolecular Hbond substituents is 2. The van der Waals surface area contributed by atoms with Gasteiger partial charge in [0.05, 0.1) is 30.9 Å². The maximum Gasteiger partial charge on any atom is 0.350 e. The predicted octanol–water partition coefficient (Wildman–Crippen LogP) is 7.17. The molecule has 0 atom stereocenters. The monoisotopic (exact) mass is 739 g/mol. The molecule has 2 N–H and O–H groups in total. The molecule has 0 unspecified atom stereocenters. The smallest absolute Gasteiger partial charge is 0.350 e. The standard InChI is InChI=1S/C43H49N10O2/c54-42-35-13-6-23-52-21-3-10-32(40(35)52)28-37(42)45-44-34-12-5-16-48(30-34)17-8-18-49-26-27-50(31-49)19-9-25-51-20-2-1-15-39(51)47-46-38-29-33-11-4-22-53-24-7-14-36(41(33)53)43(38)55/h1-2,5,12,15-16,20,26-31H,3-4,6-11,13-14,17-19,21-25H2/q+1/p+2. The van der Waals surface area contributed by atoms with Crippen LogP contribution in [0.25, 0.3) is 0 Å². The second kappa shape index (κ2) is 15.6. The van der Waals surface area contributed by atoms with Crippen LogP contribution in [0.15, 0.2) is 100 Å². The number of azo groups is 2. The molecule has 0 aliphatic carbocycles. The van der Waals surface area contributed by atoms with E-state index in [2.05, 4.69) is 73.4 Å². The van der Waals surface area contributed by atoms with Gasteiger partial charge in [0.25, 0.3) is 0 Å². The van der Waals surface area contributed by atoms with Crippen LogP contribution < -0.4 is 23.5 Å². The average Bonchev–Trinajstić information content (AvgIpc) is 3.67. The number of pyridine rings is 2. The van der Waals surface area contributed by atoms with Crippen LogP contribution in [0.4, 0.5) is 34.3 Å². The number of aryl methyl sites for hydroxylation is 6. The number of imidazole rings is 1. The van der Waals surface area contributed by atoms with E-state index in [9.17, 15) is 10.2 Å². The largest absolute Gasteiger partial charge is 0.505 e. The predicted molar refractivity (Wildman–Crippen MR) is 209 cm³/mol. The van der Waals surface area contributed by atoms with Crippen molar-refractivity contribution in [3.8, 4) is 11.5 Å². The van der Waals surface area contributed by atoms with Gasteiger partial charge >= 0.3 is 5.82 Å². The first-order chi connectivity index (χ1) is 27.1. The van der Waals surface area contributed by atoms with Gasteiger partial charge in [-0.25, -0.2) is 18.3 Å². The third-order valence-corrected chi connectivity index (χ3v) is 11.6. The molecule has 0 saturated carbocycles. The molecule has 7 heterocycles. The first kappa shape index (κ1) is 35.1. The van der Waals surface area contributed by atoms with Crippen molar-refractivity contribution in [2.24, 2.45) is 20.5 Å². The van der Waals surface area contributed by atoms with Gasteiger partial charge in [-0.15, -0.1) is 10.2 Å². The summed E-state index contributed by atoms with van der Waals surface area (Å²) < 4.78 is 8.76. The lowest BCUT2D eigenvalue weighted by Crippen LogP contribution is -2.38. The van der Waals surface area contributed by atoms with Crippen molar-refractivity contribution >= 4 is 34.3 Å². The summed E-state index contributed by atoms with van der Waals surface area (Å²) in [6.45, 7) is 7.74. The van der Waals surface area contributed by atoms with E-state index in [-0.39, 0.29) is 11.5 Å². The second-order valence-corrected chi connectivity index (χ2v) is 15.4. The molecule has 0 amide bonds. The van der Waals surface area contributed by atoms with Crippen molar-refractivity contribution in [1.29, 1.82) is 0 Å². The molecule has 4 aliphatic rings. The van der Waals surface area contributed by atoms with Gasteiger partial charge in [-0.1, -0.05) is 6.07 Å².